The highest BCUT2D eigenvalue weighted by atomic mass is 19.1. The molecule has 6 heteroatoms. The molecular weight excluding hydrogens is 299 g/mol. The first-order valence-electron chi connectivity index (χ1n) is 8.27. The second-order valence-corrected chi connectivity index (χ2v) is 5.81. The van der Waals surface area contributed by atoms with Gasteiger partial charge in [-0.05, 0) is 44.2 Å². The number of carbonyl (C=O) groups is 1. The zero-order valence-electron chi connectivity index (χ0n) is 13.6. The van der Waals surface area contributed by atoms with Gasteiger partial charge in [0.05, 0.1) is 12.7 Å². The number of aliphatic hydroxyl groups is 1. The van der Waals surface area contributed by atoms with Crippen LogP contribution in [0.1, 0.15) is 39.0 Å². The van der Waals surface area contributed by atoms with Crippen molar-refractivity contribution >= 4 is 11.7 Å². The van der Waals surface area contributed by atoms with Gasteiger partial charge in [-0.2, -0.15) is 0 Å². The van der Waals surface area contributed by atoms with Crippen LogP contribution in [0.5, 0.6) is 5.75 Å². The fraction of sp³-hybridized carbons (Fsp3) is 0.588. The molecule has 0 bridgehead atoms. The Bertz CT molecular complexity index is 513. The summed E-state index contributed by atoms with van der Waals surface area (Å²) in [5.41, 5.74) is 0.380. The van der Waals surface area contributed by atoms with E-state index in [-0.39, 0.29) is 31.0 Å². The SMILES string of the molecule is CCCN(CCO)C(=O)Nc1ccc(OC2CCCC2)c(F)c1. The molecule has 0 atom stereocenters. The van der Waals surface area contributed by atoms with Crippen LogP contribution >= 0.6 is 0 Å². The van der Waals surface area contributed by atoms with Crippen LogP contribution in [0.15, 0.2) is 18.2 Å². The molecule has 128 valence electrons. The first kappa shape index (κ1) is 17.5. The molecule has 1 saturated carbocycles. The Hall–Kier alpha value is -1.82. The lowest BCUT2D eigenvalue weighted by Gasteiger charge is -2.21. The van der Waals surface area contributed by atoms with Gasteiger partial charge in [-0.1, -0.05) is 6.92 Å². The number of nitrogens with zero attached hydrogens (tertiary/aromatic N) is 1. The van der Waals surface area contributed by atoms with E-state index in [1.165, 1.54) is 11.0 Å². The normalized spacial score (nSPS) is 14.7. The van der Waals surface area contributed by atoms with Gasteiger partial charge in [0.2, 0.25) is 0 Å². The number of hydrogen-bond donors (Lipinski definition) is 2. The standard InChI is InChI=1S/C17H25FN2O3/c1-2-9-20(10-11-21)17(22)19-13-7-8-16(15(18)12-13)23-14-5-3-4-6-14/h7-8,12,14,21H,2-6,9-11H2,1H3,(H,19,22). The Kier molecular flexibility index (Phi) is 6.65. The zero-order valence-corrected chi connectivity index (χ0v) is 13.6. The molecule has 1 aliphatic carbocycles. The van der Waals surface area contributed by atoms with E-state index in [4.69, 9.17) is 9.84 Å². The average molecular weight is 324 g/mol. The van der Waals surface area contributed by atoms with Crippen LogP contribution in [0.25, 0.3) is 0 Å². The van der Waals surface area contributed by atoms with Crippen LogP contribution in [-0.4, -0.2) is 41.8 Å². The first-order valence-corrected chi connectivity index (χ1v) is 8.27. The predicted octanol–water partition coefficient (Wildman–Crippen LogP) is 3.38. The molecule has 1 aromatic rings. The summed E-state index contributed by atoms with van der Waals surface area (Å²) in [6.07, 6.45) is 5.05. The second kappa shape index (κ2) is 8.72. The van der Waals surface area contributed by atoms with Gasteiger partial charge in [-0.15, -0.1) is 0 Å². The maximum absolute atomic E-state index is 14.1. The van der Waals surface area contributed by atoms with Crippen LogP contribution in [0.2, 0.25) is 0 Å². The van der Waals surface area contributed by atoms with Gasteiger partial charge in [0.15, 0.2) is 11.6 Å². The van der Waals surface area contributed by atoms with Crippen molar-refractivity contribution in [1.29, 1.82) is 0 Å². The molecule has 23 heavy (non-hydrogen) atoms. The van der Waals surface area contributed by atoms with Crippen molar-refractivity contribution in [1.82, 2.24) is 4.90 Å². The number of hydrogen-bond acceptors (Lipinski definition) is 3. The number of carbonyl (C=O) groups excluding carboxylic acids is 1. The molecule has 0 heterocycles. The minimum Gasteiger partial charge on any atom is -0.487 e. The maximum atomic E-state index is 14.1. The fourth-order valence-electron chi connectivity index (χ4n) is 2.77. The van der Waals surface area contributed by atoms with E-state index in [1.54, 1.807) is 12.1 Å². The Morgan fingerprint density at radius 3 is 2.74 bits per heavy atom. The summed E-state index contributed by atoms with van der Waals surface area (Å²) in [5.74, 6) is -0.241. The highest BCUT2D eigenvalue weighted by Gasteiger charge is 2.19. The van der Waals surface area contributed by atoms with Crippen molar-refractivity contribution in [2.75, 3.05) is 25.0 Å². The Morgan fingerprint density at radius 2 is 2.13 bits per heavy atom. The summed E-state index contributed by atoms with van der Waals surface area (Å²) in [6, 6.07) is 4.11. The summed E-state index contributed by atoms with van der Waals surface area (Å²) >= 11 is 0. The smallest absolute Gasteiger partial charge is 0.321 e. The van der Waals surface area contributed by atoms with Gasteiger partial charge in [-0.3, -0.25) is 0 Å². The van der Waals surface area contributed by atoms with Crippen molar-refractivity contribution in [2.24, 2.45) is 0 Å². The van der Waals surface area contributed by atoms with Crippen LogP contribution in [0, 0.1) is 5.82 Å². The molecule has 0 radical (unpaired) electrons. The van der Waals surface area contributed by atoms with Crippen molar-refractivity contribution in [3.63, 3.8) is 0 Å². The van der Waals surface area contributed by atoms with Crippen LogP contribution < -0.4 is 10.1 Å². The summed E-state index contributed by atoms with van der Waals surface area (Å²) in [7, 11) is 0. The molecule has 2 N–H and O–H groups in total. The number of amides is 2. The molecule has 0 saturated heterocycles. The Labute approximate surface area is 136 Å². The summed E-state index contributed by atoms with van der Waals surface area (Å²) in [4.78, 5) is 13.6. The lowest BCUT2D eigenvalue weighted by molar-refractivity contribution is 0.188. The molecular formula is C17H25FN2O3. The molecule has 0 spiro atoms. The quantitative estimate of drug-likeness (QED) is 0.808. The number of ether oxygens (including phenoxy) is 1. The average Bonchev–Trinajstić information content (AvgIpc) is 3.03. The van der Waals surface area contributed by atoms with Gasteiger partial charge in [0, 0.05) is 24.8 Å². The highest BCUT2D eigenvalue weighted by molar-refractivity contribution is 5.89. The number of nitrogens with one attached hydrogen (secondary N) is 1. The topological polar surface area (TPSA) is 61.8 Å². The van der Waals surface area contributed by atoms with Gasteiger partial charge in [0.1, 0.15) is 0 Å². The number of anilines is 1. The van der Waals surface area contributed by atoms with E-state index >= 15 is 0 Å². The first-order chi connectivity index (χ1) is 11.1. The lowest BCUT2D eigenvalue weighted by Crippen LogP contribution is -2.37. The van der Waals surface area contributed by atoms with Crippen molar-refractivity contribution in [3.8, 4) is 5.75 Å². The highest BCUT2D eigenvalue weighted by Crippen LogP contribution is 2.27. The minimum absolute atomic E-state index is 0.0922. The molecule has 1 fully saturated rings. The maximum Gasteiger partial charge on any atom is 0.321 e. The molecule has 2 amide bonds. The van der Waals surface area contributed by atoms with Crippen molar-refractivity contribution in [3.05, 3.63) is 24.0 Å². The van der Waals surface area contributed by atoms with Gasteiger partial charge in [0.25, 0.3) is 0 Å². The Balaban J connectivity index is 1.97. The van der Waals surface area contributed by atoms with Crippen LogP contribution in [0.3, 0.4) is 0 Å². The third-order valence-corrected chi connectivity index (χ3v) is 3.93. The number of halogens is 1. The number of rotatable bonds is 7. The third-order valence-electron chi connectivity index (χ3n) is 3.93. The van der Waals surface area contributed by atoms with E-state index in [2.05, 4.69) is 5.32 Å². The van der Waals surface area contributed by atoms with E-state index in [1.807, 2.05) is 6.92 Å². The number of benzene rings is 1. The van der Waals surface area contributed by atoms with E-state index in [0.717, 1.165) is 32.1 Å². The van der Waals surface area contributed by atoms with Crippen LogP contribution in [-0.2, 0) is 0 Å². The molecule has 1 aromatic carbocycles. The van der Waals surface area contributed by atoms with E-state index in [9.17, 15) is 9.18 Å². The van der Waals surface area contributed by atoms with Gasteiger partial charge < -0.3 is 20.1 Å². The monoisotopic (exact) mass is 324 g/mol. The number of urea groups is 1. The van der Waals surface area contributed by atoms with E-state index < -0.39 is 5.82 Å². The minimum atomic E-state index is -0.473. The van der Waals surface area contributed by atoms with Crippen molar-refractivity contribution < 1.29 is 19.0 Å². The molecule has 2 rings (SSSR count). The lowest BCUT2D eigenvalue weighted by atomic mass is 10.2. The largest absolute Gasteiger partial charge is 0.487 e. The van der Waals surface area contributed by atoms with Crippen LogP contribution in [0.4, 0.5) is 14.9 Å². The zero-order chi connectivity index (χ0) is 16.7. The molecule has 0 unspecified atom stereocenters. The van der Waals surface area contributed by atoms with Gasteiger partial charge in [-0.25, -0.2) is 9.18 Å². The summed E-state index contributed by atoms with van der Waals surface area (Å²) < 4.78 is 19.8. The predicted molar refractivity (Wildman–Crippen MR) is 87.3 cm³/mol. The number of aliphatic hydroxyl groups excluding tert-OH is 1. The molecule has 0 aliphatic heterocycles. The van der Waals surface area contributed by atoms with Crippen molar-refractivity contribution in [2.45, 2.75) is 45.1 Å². The van der Waals surface area contributed by atoms with E-state index in [0.29, 0.717) is 12.2 Å². The fourth-order valence-corrected chi connectivity index (χ4v) is 2.77. The molecule has 1 aliphatic rings. The Morgan fingerprint density at radius 1 is 1.39 bits per heavy atom. The summed E-state index contributed by atoms with van der Waals surface area (Å²) in [5, 5.41) is 11.6. The summed E-state index contributed by atoms with van der Waals surface area (Å²) in [6.45, 7) is 2.64. The van der Waals surface area contributed by atoms with Gasteiger partial charge >= 0.3 is 6.03 Å². The third kappa shape index (κ3) is 5.10. The molecule has 0 aromatic heterocycles. The molecule has 5 nitrogen and oxygen atoms in total. The second-order valence-electron chi connectivity index (χ2n) is 5.81.